The summed E-state index contributed by atoms with van der Waals surface area (Å²) >= 11 is 0. The molecule has 0 spiro atoms. The minimum absolute atomic E-state index is 0.0757. The van der Waals surface area contributed by atoms with Gasteiger partial charge in [-0.15, -0.1) is 0 Å². The largest absolute Gasteiger partial charge is 0.430 e. The molecule has 5 nitrogen and oxygen atoms in total. The van der Waals surface area contributed by atoms with Gasteiger partial charge in [0, 0.05) is 18.3 Å². The lowest BCUT2D eigenvalue weighted by molar-refractivity contribution is -0.256. The molecule has 1 unspecified atom stereocenters. The van der Waals surface area contributed by atoms with Crippen molar-refractivity contribution in [2.45, 2.75) is 24.6 Å². The van der Waals surface area contributed by atoms with Crippen LogP contribution >= 0.6 is 0 Å². The summed E-state index contributed by atoms with van der Waals surface area (Å²) in [6.45, 7) is -0.128. The summed E-state index contributed by atoms with van der Waals surface area (Å²) in [5.41, 5.74) is -2.75. The van der Waals surface area contributed by atoms with Crippen LogP contribution in [0, 0.1) is 5.92 Å². The van der Waals surface area contributed by atoms with Gasteiger partial charge in [-0.3, -0.25) is 15.1 Å². The van der Waals surface area contributed by atoms with Crippen molar-refractivity contribution < 1.29 is 28.3 Å². The normalized spacial score (nSPS) is 20.1. The molecular formula is C18H19F3N2O3. The molecule has 1 saturated carbocycles. The molecule has 1 heterocycles. The molecule has 8 heteroatoms. The van der Waals surface area contributed by atoms with Gasteiger partial charge >= 0.3 is 6.18 Å². The first-order chi connectivity index (χ1) is 12.2. The van der Waals surface area contributed by atoms with Gasteiger partial charge in [-0.2, -0.15) is 13.2 Å². The number of benzene rings is 1. The van der Waals surface area contributed by atoms with E-state index in [1.807, 2.05) is 0 Å². The number of hydroxylamine groups is 2. The van der Waals surface area contributed by atoms with Crippen molar-refractivity contribution in [3.05, 3.63) is 59.3 Å². The molecule has 0 radical (unpaired) electrons. The van der Waals surface area contributed by atoms with Crippen LogP contribution in [0.2, 0.25) is 0 Å². The zero-order chi connectivity index (χ0) is 18.9. The molecule has 1 fully saturated rings. The fourth-order valence-corrected chi connectivity index (χ4v) is 2.92. The van der Waals surface area contributed by atoms with Gasteiger partial charge in [0.25, 0.3) is 11.5 Å². The highest BCUT2D eigenvalue weighted by Crippen LogP contribution is 2.40. The average molecular weight is 368 g/mol. The lowest BCUT2D eigenvalue weighted by atomic mass is 9.92. The summed E-state index contributed by atoms with van der Waals surface area (Å²) < 4.78 is 40.4. The molecule has 1 aromatic carbocycles. The van der Waals surface area contributed by atoms with Gasteiger partial charge in [0.15, 0.2) is 0 Å². The number of carbonyl (C=O) groups excluding carboxylic acids is 1. The van der Waals surface area contributed by atoms with Gasteiger partial charge in [-0.05, 0) is 29.9 Å². The Balaban J connectivity index is 1.76. The van der Waals surface area contributed by atoms with Gasteiger partial charge in [-0.25, -0.2) is 0 Å². The fourth-order valence-electron chi connectivity index (χ4n) is 2.92. The molecular weight excluding hydrogens is 349 g/mol. The maximum Gasteiger partial charge on any atom is 0.430 e. The van der Waals surface area contributed by atoms with Crippen molar-refractivity contribution in [3.8, 4) is 0 Å². The lowest BCUT2D eigenvalue weighted by Gasteiger charge is -2.30. The molecule has 0 bridgehead atoms. The summed E-state index contributed by atoms with van der Waals surface area (Å²) in [6, 6.07) is 6.23. The highest BCUT2D eigenvalue weighted by atomic mass is 19.4. The van der Waals surface area contributed by atoms with E-state index in [9.17, 15) is 28.3 Å². The van der Waals surface area contributed by atoms with Crippen molar-refractivity contribution in [1.29, 1.82) is 0 Å². The van der Waals surface area contributed by atoms with Crippen molar-refractivity contribution in [3.63, 3.8) is 0 Å². The number of hydrogen-bond acceptors (Lipinski definition) is 4. The first-order valence-electron chi connectivity index (χ1n) is 8.21. The Kier molecular flexibility index (Phi) is 4.81. The maximum atomic E-state index is 13.5. The Morgan fingerprint density at radius 2 is 1.88 bits per heavy atom. The Morgan fingerprint density at radius 1 is 1.23 bits per heavy atom. The Hall–Kier alpha value is -2.32. The number of nitrogens with zero attached hydrogens (tertiary/aromatic N) is 1. The lowest BCUT2D eigenvalue weighted by Crippen LogP contribution is -2.54. The second kappa shape index (κ2) is 6.77. The molecule has 140 valence electrons. The van der Waals surface area contributed by atoms with Gasteiger partial charge in [-0.1, -0.05) is 36.4 Å². The second-order valence-corrected chi connectivity index (χ2v) is 6.56. The Labute approximate surface area is 148 Å². The third-order valence-corrected chi connectivity index (χ3v) is 4.49. The molecule has 1 aliphatic carbocycles. The zero-order valence-corrected chi connectivity index (χ0v) is 13.8. The molecule has 1 aliphatic heterocycles. The van der Waals surface area contributed by atoms with Gasteiger partial charge in [0.1, 0.15) is 0 Å². The topological polar surface area (TPSA) is 72.8 Å². The molecule has 26 heavy (non-hydrogen) atoms. The first-order valence-corrected chi connectivity index (χ1v) is 8.21. The fraction of sp³-hybridized carbons (Fsp3) is 0.389. The summed E-state index contributed by atoms with van der Waals surface area (Å²) in [5.74, 6) is -1.21. The van der Waals surface area contributed by atoms with Crippen LogP contribution in [-0.2, 0) is 10.4 Å². The van der Waals surface area contributed by atoms with Gasteiger partial charge < -0.3 is 10.4 Å². The van der Waals surface area contributed by atoms with Crippen molar-refractivity contribution in [1.82, 2.24) is 10.4 Å². The number of hydrogen-bond donors (Lipinski definition) is 3. The van der Waals surface area contributed by atoms with E-state index in [0.717, 1.165) is 35.6 Å². The standard InChI is InChI=1S/C18H19F3N2O3/c19-18(20,21)17(25,15-4-2-1-3-5-15)16(24)22-9-12-8-14(13-6-7-13)11-23(26)10-12/h1-5,8,11,13,25-26H,6-7,9-10H2,(H,22,24). The molecule has 3 N–H and O–H groups in total. The van der Waals surface area contributed by atoms with Crippen LogP contribution in [0.5, 0.6) is 0 Å². The highest BCUT2D eigenvalue weighted by Gasteiger charge is 2.60. The quantitative estimate of drug-likeness (QED) is 0.747. The third-order valence-electron chi connectivity index (χ3n) is 4.49. The van der Waals surface area contributed by atoms with E-state index in [0.29, 0.717) is 11.5 Å². The molecule has 0 aromatic heterocycles. The molecule has 3 rings (SSSR count). The van der Waals surface area contributed by atoms with E-state index in [1.54, 1.807) is 12.3 Å². The maximum absolute atomic E-state index is 13.5. The van der Waals surface area contributed by atoms with Crippen molar-refractivity contribution >= 4 is 5.91 Å². The van der Waals surface area contributed by atoms with Gasteiger partial charge in [0.05, 0.1) is 6.54 Å². The monoisotopic (exact) mass is 368 g/mol. The summed E-state index contributed by atoms with van der Waals surface area (Å²) in [7, 11) is 0. The minimum atomic E-state index is -5.18. The van der Waals surface area contributed by atoms with E-state index < -0.39 is 23.2 Å². The number of carbonyl (C=O) groups is 1. The smallest absolute Gasteiger partial charge is 0.369 e. The Morgan fingerprint density at radius 3 is 2.46 bits per heavy atom. The van der Waals surface area contributed by atoms with Crippen LogP contribution in [0.15, 0.2) is 53.8 Å². The zero-order valence-electron chi connectivity index (χ0n) is 13.8. The summed E-state index contributed by atoms with van der Waals surface area (Å²) in [5, 5.41) is 23.0. The number of aliphatic hydroxyl groups is 1. The van der Waals surface area contributed by atoms with Crippen LogP contribution in [0.4, 0.5) is 13.2 Å². The number of amides is 1. The predicted octanol–water partition coefficient (Wildman–Crippen LogP) is 2.48. The van der Waals surface area contributed by atoms with E-state index in [1.165, 1.54) is 18.2 Å². The third kappa shape index (κ3) is 3.61. The predicted molar refractivity (Wildman–Crippen MR) is 86.8 cm³/mol. The van der Waals surface area contributed by atoms with Crippen LogP contribution in [0.1, 0.15) is 18.4 Å². The molecule has 2 aliphatic rings. The first kappa shape index (κ1) is 18.5. The Bertz CT molecular complexity index is 742. The molecule has 0 saturated heterocycles. The average Bonchev–Trinajstić information content (AvgIpc) is 3.43. The summed E-state index contributed by atoms with van der Waals surface area (Å²) in [6.07, 6.45) is 0.176. The number of alkyl halides is 3. The van der Waals surface area contributed by atoms with E-state index >= 15 is 0 Å². The molecule has 1 atom stereocenters. The number of allylic oxidation sites excluding steroid dienone is 2. The minimum Gasteiger partial charge on any atom is -0.369 e. The number of halogens is 3. The number of rotatable bonds is 5. The van der Waals surface area contributed by atoms with E-state index in [4.69, 9.17) is 0 Å². The molecule has 1 aromatic rings. The van der Waals surface area contributed by atoms with Crippen molar-refractivity contribution in [2.24, 2.45) is 5.92 Å². The van der Waals surface area contributed by atoms with Crippen LogP contribution < -0.4 is 5.32 Å². The van der Waals surface area contributed by atoms with Gasteiger partial charge in [0.2, 0.25) is 0 Å². The second-order valence-electron chi connectivity index (χ2n) is 6.56. The van der Waals surface area contributed by atoms with E-state index in [2.05, 4.69) is 5.32 Å². The number of nitrogens with one attached hydrogen (secondary N) is 1. The summed E-state index contributed by atoms with van der Waals surface area (Å²) in [4.78, 5) is 12.3. The van der Waals surface area contributed by atoms with Crippen molar-refractivity contribution in [2.75, 3.05) is 13.1 Å². The van der Waals surface area contributed by atoms with Crippen LogP contribution in [0.25, 0.3) is 0 Å². The SMILES string of the molecule is O=C(NCC1=CC(C2CC2)=CN(O)C1)C(O)(c1ccccc1)C(F)(F)F. The molecule has 1 amide bonds. The highest BCUT2D eigenvalue weighted by molar-refractivity contribution is 5.87. The van der Waals surface area contributed by atoms with Crippen LogP contribution in [0.3, 0.4) is 0 Å². The van der Waals surface area contributed by atoms with E-state index in [-0.39, 0.29) is 13.1 Å². The van der Waals surface area contributed by atoms with Crippen LogP contribution in [-0.4, -0.2) is 40.5 Å².